The number of anilines is 1. The van der Waals surface area contributed by atoms with Crippen LogP contribution in [0.1, 0.15) is 15.9 Å². The number of hydrogen-bond acceptors (Lipinski definition) is 3. The summed E-state index contributed by atoms with van der Waals surface area (Å²) in [5.74, 6) is -0.528. The van der Waals surface area contributed by atoms with Crippen LogP contribution in [0.15, 0.2) is 42.5 Å². The minimum Gasteiger partial charge on any atom is -0.457 e. The van der Waals surface area contributed by atoms with Crippen LogP contribution < -0.4 is 5.73 Å². The first-order valence-corrected chi connectivity index (χ1v) is 6.29. The van der Waals surface area contributed by atoms with Crippen LogP contribution in [0.25, 0.3) is 0 Å². The van der Waals surface area contributed by atoms with Crippen molar-refractivity contribution < 1.29 is 9.53 Å². The molecule has 0 bridgehead atoms. The number of esters is 1. The first-order chi connectivity index (χ1) is 9.08. The Kier molecular flexibility index (Phi) is 4.30. The van der Waals surface area contributed by atoms with Crippen LogP contribution in [0, 0.1) is 0 Å². The molecule has 0 radical (unpaired) electrons. The van der Waals surface area contributed by atoms with Gasteiger partial charge in [-0.3, -0.25) is 0 Å². The van der Waals surface area contributed by atoms with E-state index in [9.17, 15) is 4.79 Å². The Bertz CT molecular complexity index is 614. The predicted octanol–water partition coefficient (Wildman–Crippen LogP) is 3.93. The molecule has 0 aromatic heterocycles. The number of halogens is 2. The largest absolute Gasteiger partial charge is 0.457 e. The van der Waals surface area contributed by atoms with E-state index in [1.54, 1.807) is 24.3 Å². The van der Waals surface area contributed by atoms with E-state index in [0.29, 0.717) is 15.7 Å². The lowest BCUT2D eigenvalue weighted by Gasteiger charge is -2.08. The van der Waals surface area contributed by atoms with E-state index in [4.69, 9.17) is 33.7 Å². The number of rotatable bonds is 3. The minimum atomic E-state index is -0.528. The van der Waals surface area contributed by atoms with Gasteiger partial charge >= 0.3 is 5.97 Å². The third-order valence-electron chi connectivity index (χ3n) is 2.55. The number of nitrogens with two attached hydrogens (primary N) is 1. The number of benzene rings is 2. The SMILES string of the molecule is Nc1ccc(Cl)cc1C(=O)OCc1ccccc1Cl. The van der Waals surface area contributed by atoms with Gasteiger partial charge < -0.3 is 10.5 Å². The summed E-state index contributed by atoms with van der Waals surface area (Å²) < 4.78 is 5.17. The molecule has 2 aromatic carbocycles. The summed E-state index contributed by atoms with van der Waals surface area (Å²) in [5, 5.41) is 0.980. The molecular formula is C14H11Cl2NO2. The van der Waals surface area contributed by atoms with Gasteiger partial charge in [-0.2, -0.15) is 0 Å². The molecule has 0 heterocycles. The molecule has 98 valence electrons. The summed E-state index contributed by atoms with van der Waals surface area (Å²) in [6, 6.07) is 11.8. The molecule has 0 saturated heterocycles. The molecule has 19 heavy (non-hydrogen) atoms. The van der Waals surface area contributed by atoms with Crippen molar-refractivity contribution in [2.75, 3.05) is 5.73 Å². The molecule has 5 heteroatoms. The summed E-state index contributed by atoms with van der Waals surface area (Å²) in [5.41, 5.74) is 7.02. The van der Waals surface area contributed by atoms with Crippen LogP contribution in [-0.4, -0.2) is 5.97 Å². The Balaban J connectivity index is 2.10. The number of hydrogen-bond donors (Lipinski definition) is 1. The van der Waals surface area contributed by atoms with Crippen LogP contribution in [-0.2, 0) is 11.3 Å². The van der Waals surface area contributed by atoms with Crippen molar-refractivity contribution in [1.29, 1.82) is 0 Å². The van der Waals surface area contributed by atoms with Crippen molar-refractivity contribution in [3.8, 4) is 0 Å². The molecule has 0 saturated carbocycles. The highest BCUT2D eigenvalue weighted by molar-refractivity contribution is 6.31. The molecular weight excluding hydrogens is 285 g/mol. The molecule has 2 rings (SSSR count). The van der Waals surface area contributed by atoms with E-state index in [1.807, 2.05) is 12.1 Å². The van der Waals surface area contributed by atoms with Gasteiger partial charge in [-0.15, -0.1) is 0 Å². The fourth-order valence-corrected chi connectivity index (χ4v) is 1.90. The second-order valence-electron chi connectivity index (χ2n) is 3.90. The Morgan fingerprint density at radius 2 is 1.89 bits per heavy atom. The Labute approximate surface area is 120 Å². The number of carbonyl (C=O) groups excluding carboxylic acids is 1. The fraction of sp³-hybridized carbons (Fsp3) is 0.0714. The predicted molar refractivity (Wildman–Crippen MR) is 76.4 cm³/mol. The lowest BCUT2D eigenvalue weighted by atomic mass is 10.2. The summed E-state index contributed by atoms with van der Waals surface area (Å²) in [6.07, 6.45) is 0. The van der Waals surface area contributed by atoms with Crippen LogP contribution in [0.5, 0.6) is 0 Å². The maximum absolute atomic E-state index is 11.9. The second-order valence-corrected chi connectivity index (χ2v) is 4.74. The molecule has 2 aromatic rings. The maximum atomic E-state index is 11.9. The monoisotopic (exact) mass is 295 g/mol. The smallest absolute Gasteiger partial charge is 0.340 e. The molecule has 0 aliphatic rings. The molecule has 0 aliphatic carbocycles. The third-order valence-corrected chi connectivity index (χ3v) is 3.16. The van der Waals surface area contributed by atoms with E-state index < -0.39 is 5.97 Å². The van der Waals surface area contributed by atoms with Gasteiger partial charge in [0, 0.05) is 21.3 Å². The van der Waals surface area contributed by atoms with Gasteiger partial charge in [0.2, 0.25) is 0 Å². The van der Waals surface area contributed by atoms with Crippen molar-refractivity contribution in [2.24, 2.45) is 0 Å². The lowest BCUT2D eigenvalue weighted by molar-refractivity contribution is 0.0474. The van der Waals surface area contributed by atoms with E-state index >= 15 is 0 Å². The summed E-state index contributed by atoms with van der Waals surface area (Å²) in [4.78, 5) is 11.9. The second kappa shape index (κ2) is 5.95. The highest BCUT2D eigenvalue weighted by Crippen LogP contribution is 2.20. The lowest BCUT2D eigenvalue weighted by Crippen LogP contribution is -2.08. The zero-order valence-corrected chi connectivity index (χ0v) is 11.4. The normalized spacial score (nSPS) is 10.2. The summed E-state index contributed by atoms with van der Waals surface area (Å²) in [6.45, 7) is 0.0878. The number of ether oxygens (including phenoxy) is 1. The van der Waals surface area contributed by atoms with E-state index in [-0.39, 0.29) is 12.2 Å². The van der Waals surface area contributed by atoms with Crippen molar-refractivity contribution in [3.63, 3.8) is 0 Å². The average Bonchev–Trinajstić information content (AvgIpc) is 2.40. The van der Waals surface area contributed by atoms with Gasteiger partial charge in [0.1, 0.15) is 6.61 Å². The molecule has 0 fully saturated rings. The number of nitrogen functional groups attached to an aromatic ring is 1. The highest BCUT2D eigenvalue weighted by atomic mass is 35.5. The van der Waals surface area contributed by atoms with E-state index in [2.05, 4.69) is 0 Å². The molecule has 2 N–H and O–H groups in total. The van der Waals surface area contributed by atoms with Crippen molar-refractivity contribution >= 4 is 34.9 Å². The molecule has 0 unspecified atom stereocenters. The van der Waals surface area contributed by atoms with Gasteiger partial charge in [0.05, 0.1) is 5.56 Å². The fourth-order valence-electron chi connectivity index (χ4n) is 1.54. The highest BCUT2D eigenvalue weighted by Gasteiger charge is 2.12. The summed E-state index contributed by atoms with van der Waals surface area (Å²) in [7, 11) is 0. The van der Waals surface area contributed by atoms with Crippen LogP contribution in [0.4, 0.5) is 5.69 Å². The first-order valence-electron chi connectivity index (χ1n) is 5.53. The van der Waals surface area contributed by atoms with Crippen LogP contribution in [0.3, 0.4) is 0 Å². The van der Waals surface area contributed by atoms with E-state index in [0.717, 1.165) is 5.56 Å². The quantitative estimate of drug-likeness (QED) is 0.689. The zero-order chi connectivity index (χ0) is 13.8. The first kappa shape index (κ1) is 13.7. The standard InChI is InChI=1S/C14H11Cl2NO2/c15-10-5-6-13(17)11(7-10)14(18)19-8-9-3-1-2-4-12(9)16/h1-7H,8,17H2. The molecule has 0 amide bonds. The topological polar surface area (TPSA) is 52.3 Å². The van der Waals surface area contributed by atoms with Gasteiger partial charge in [0.15, 0.2) is 0 Å². The van der Waals surface area contributed by atoms with Crippen LogP contribution in [0.2, 0.25) is 10.0 Å². The molecule has 3 nitrogen and oxygen atoms in total. The van der Waals surface area contributed by atoms with Crippen LogP contribution >= 0.6 is 23.2 Å². The molecule has 0 spiro atoms. The Morgan fingerprint density at radius 1 is 1.16 bits per heavy atom. The maximum Gasteiger partial charge on any atom is 0.340 e. The third kappa shape index (κ3) is 3.40. The summed E-state index contributed by atoms with van der Waals surface area (Å²) >= 11 is 11.8. The minimum absolute atomic E-state index is 0.0878. The number of carbonyl (C=O) groups is 1. The average molecular weight is 296 g/mol. The van der Waals surface area contributed by atoms with Crippen molar-refractivity contribution in [1.82, 2.24) is 0 Å². The van der Waals surface area contributed by atoms with Crippen molar-refractivity contribution in [3.05, 3.63) is 63.6 Å². The zero-order valence-electron chi connectivity index (χ0n) is 9.90. The van der Waals surface area contributed by atoms with E-state index in [1.165, 1.54) is 6.07 Å². The van der Waals surface area contributed by atoms with Gasteiger partial charge in [0.25, 0.3) is 0 Å². The Hall–Kier alpha value is -1.71. The van der Waals surface area contributed by atoms with Gasteiger partial charge in [-0.1, -0.05) is 41.4 Å². The Morgan fingerprint density at radius 3 is 2.63 bits per heavy atom. The van der Waals surface area contributed by atoms with Crippen molar-refractivity contribution in [2.45, 2.75) is 6.61 Å². The molecule has 0 aliphatic heterocycles. The van der Waals surface area contributed by atoms with Gasteiger partial charge in [-0.05, 0) is 24.3 Å². The van der Waals surface area contributed by atoms with Gasteiger partial charge in [-0.25, -0.2) is 4.79 Å². The molecule has 0 atom stereocenters.